The quantitative estimate of drug-likeness (QED) is 0.745. The minimum Gasteiger partial charge on any atom is -0.435 e. The predicted octanol–water partition coefficient (Wildman–Crippen LogP) is 3.05. The molecule has 0 amide bonds. The van der Waals surface area contributed by atoms with Crippen molar-refractivity contribution < 1.29 is 13.5 Å². The molecule has 0 saturated carbocycles. The lowest BCUT2D eigenvalue weighted by Gasteiger charge is -2.05. The van der Waals surface area contributed by atoms with E-state index in [9.17, 15) is 8.78 Å². The van der Waals surface area contributed by atoms with E-state index in [1.165, 1.54) is 16.6 Å². The first-order valence-corrected chi connectivity index (χ1v) is 5.94. The molecular weight excluding hydrogens is 290 g/mol. The Morgan fingerprint density at radius 1 is 1.15 bits per heavy atom. The number of hydrogen-bond donors (Lipinski definition) is 0. The van der Waals surface area contributed by atoms with Crippen LogP contribution < -0.4 is 4.74 Å². The number of alkyl halides is 2. The van der Waals surface area contributed by atoms with E-state index in [0.29, 0.717) is 17.0 Å². The third-order valence-electron chi connectivity index (χ3n) is 2.55. The Hall–Kier alpha value is -2.28. The second-order valence-electron chi connectivity index (χ2n) is 3.86. The third kappa shape index (κ3) is 2.39. The predicted molar refractivity (Wildman–Crippen MR) is 67.9 cm³/mol. The first-order chi connectivity index (χ1) is 9.63. The molecule has 102 valence electrons. The molecule has 20 heavy (non-hydrogen) atoms. The molecule has 0 bridgehead atoms. The van der Waals surface area contributed by atoms with Crippen LogP contribution in [0.3, 0.4) is 0 Å². The van der Waals surface area contributed by atoms with Crippen LogP contribution in [0.4, 0.5) is 8.78 Å². The van der Waals surface area contributed by atoms with Crippen molar-refractivity contribution in [2.45, 2.75) is 6.61 Å². The van der Waals surface area contributed by atoms with Gasteiger partial charge in [-0.15, -0.1) is 10.2 Å². The fourth-order valence-corrected chi connectivity index (χ4v) is 1.90. The van der Waals surface area contributed by atoms with Crippen molar-refractivity contribution in [3.63, 3.8) is 0 Å². The van der Waals surface area contributed by atoms with Gasteiger partial charge in [0.1, 0.15) is 10.9 Å². The number of hydrogen-bond acceptors (Lipinski definition) is 4. The van der Waals surface area contributed by atoms with Crippen molar-refractivity contribution in [2.24, 2.45) is 0 Å². The van der Waals surface area contributed by atoms with Crippen LogP contribution in [0.2, 0.25) is 5.15 Å². The van der Waals surface area contributed by atoms with Gasteiger partial charge in [-0.1, -0.05) is 23.7 Å². The van der Waals surface area contributed by atoms with Gasteiger partial charge in [0, 0.05) is 5.56 Å². The van der Waals surface area contributed by atoms with Gasteiger partial charge in [-0.2, -0.15) is 18.4 Å². The molecule has 0 spiro atoms. The van der Waals surface area contributed by atoms with Crippen molar-refractivity contribution in [1.82, 2.24) is 19.8 Å². The summed E-state index contributed by atoms with van der Waals surface area (Å²) < 4.78 is 30.2. The van der Waals surface area contributed by atoms with Crippen molar-refractivity contribution in [2.75, 3.05) is 0 Å². The second kappa shape index (κ2) is 5.01. The van der Waals surface area contributed by atoms with Gasteiger partial charge in [-0.25, -0.2) is 0 Å². The van der Waals surface area contributed by atoms with Crippen LogP contribution in [0.25, 0.3) is 17.0 Å². The highest BCUT2D eigenvalue weighted by Gasteiger charge is 2.11. The molecule has 0 aliphatic carbocycles. The maximum atomic E-state index is 12.2. The largest absolute Gasteiger partial charge is 0.435 e. The van der Waals surface area contributed by atoms with Crippen molar-refractivity contribution in [3.05, 3.63) is 41.6 Å². The van der Waals surface area contributed by atoms with E-state index in [0.717, 1.165) is 0 Å². The summed E-state index contributed by atoms with van der Waals surface area (Å²) in [5.74, 6) is 0.429. The summed E-state index contributed by atoms with van der Waals surface area (Å²) in [4.78, 5) is 0. The second-order valence-corrected chi connectivity index (χ2v) is 4.24. The molecule has 5 nitrogen and oxygen atoms in total. The molecule has 8 heteroatoms. The first kappa shape index (κ1) is 12.7. The molecule has 3 aromatic rings. The van der Waals surface area contributed by atoms with E-state index in [1.807, 2.05) is 0 Å². The number of fused-ring (bicyclic) bond motifs is 1. The number of nitrogens with zero attached hydrogens (tertiary/aromatic N) is 4. The lowest BCUT2D eigenvalue weighted by molar-refractivity contribution is -0.0498. The maximum Gasteiger partial charge on any atom is 0.387 e. The van der Waals surface area contributed by atoms with Crippen LogP contribution in [0.1, 0.15) is 0 Å². The zero-order valence-corrected chi connectivity index (χ0v) is 10.6. The number of aromatic nitrogens is 4. The Bertz CT molecular complexity index is 762. The molecule has 0 saturated heterocycles. The Balaban J connectivity index is 2.08. The van der Waals surface area contributed by atoms with E-state index in [1.54, 1.807) is 24.3 Å². The topological polar surface area (TPSA) is 52.3 Å². The zero-order valence-electron chi connectivity index (χ0n) is 9.87. The Labute approximate surface area is 116 Å². The van der Waals surface area contributed by atoms with Crippen LogP contribution in [-0.4, -0.2) is 26.4 Å². The number of halogens is 3. The smallest absolute Gasteiger partial charge is 0.387 e. The van der Waals surface area contributed by atoms with Crippen molar-refractivity contribution in [1.29, 1.82) is 0 Å². The number of ether oxygens (including phenoxy) is 1. The van der Waals surface area contributed by atoms with Crippen molar-refractivity contribution in [3.8, 4) is 17.1 Å². The molecule has 0 N–H and O–H groups in total. The molecule has 0 aliphatic heterocycles. The summed E-state index contributed by atoms with van der Waals surface area (Å²) in [6.07, 6.45) is 0. The fourth-order valence-electron chi connectivity index (χ4n) is 1.76. The van der Waals surface area contributed by atoms with Gasteiger partial charge < -0.3 is 4.74 Å². The highest BCUT2D eigenvalue weighted by Crippen LogP contribution is 2.24. The maximum absolute atomic E-state index is 12.2. The third-order valence-corrected chi connectivity index (χ3v) is 2.75. The minimum absolute atomic E-state index is 0.0382. The molecule has 3 rings (SSSR count). The summed E-state index contributed by atoms with van der Waals surface area (Å²) in [6, 6.07) is 9.39. The normalized spacial score (nSPS) is 11.2. The van der Waals surface area contributed by atoms with Gasteiger partial charge in [-0.3, -0.25) is 0 Å². The highest BCUT2D eigenvalue weighted by atomic mass is 35.5. The lowest BCUT2D eigenvalue weighted by Crippen LogP contribution is -2.02. The summed E-state index contributed by atoms with van der Waals surface area (Å²) in [7, 11) is 0. The molecule has 2 heterocycles. The fraction of sp³-hybridized carbons (Fsp3) is 0.0833. The van der Waals surface area contributed by atoms with Crippen LogP contribution >= 0.6 is 11.6 Å². The van der Waals surface area contributed by atoms with Gasteiger partial charge in [-0.05, 0) is 24.3 Å². The Kier molecular flexibility index (Phi) is 3.19. The Morgan fingerprint density at radius 3 is 2.80 bits per heavy atom. The lowest BCUT2D eigenvalue weighted by atomic mass is 10.2. The standard InChI is InChI=1S/C12H7ClF2N4O/c13-9-4-5-10-16-17-11(19(10)18-9)7-2-1-3-8(6-7)20-12(14)15/h1-6,12H. The molecule has 0 aliphatic rings. The van der Waals surface area contributed by atoms with Crippen LogP contribution in [0, 0.1) is 0 Å². The summed E-state index contributed by atoms with van der Waals surface area (Å²) >= 11 is 5.82. The molecule has 0 fully saturated rings. The summed E-state index contributed by atoms with van der Waals surface area (Å²) in [6.45, 7) is -2.88. The minimum atomic E-state index is -2.88. The summed E-state index contributed by atoms with van der Waals surface area (Å²) in [5.41, 5.74) is 1.05. The number of rotatable bonds is 3. The monoisotopic (exact) mass is 296 g/mol. The van der Waals surface area contributed by atoms with E-state index < -0.39 is 6.61 Å². The average Bonchev–Trinajstić information content (AvgIpc) is 2.81. The van der Waals surface area contributed by atoms with Gasteiger partial charge in [0.05, 0.1) is 0 Å². The van der Waals surface area contributed by atoms with Gasteiger partial charge in [0.2, 0.25) is 0 Å². The molecular formula is C12H7ClF2N4O. The van der Waals surface area contributed by atoms with E-state index in [2.05, 4.69) is 20.0 Å². The van der Waals surface area contributed by atoms with Gasteiger partial charge in [0.25, 0.3) is 0 Å². The SMILES string of the molecule is FC(F)Oc1cccc(-c2nnc3ccc(Cl)nn23)c1. The van der Waals surface area contributed by atoms with Crippen LogP contribution in [-0.2, 0) is 0 Å². The van der Waals surface area contributed by atoms with E-state index >= 15 is 0 Å². The molecule has 1 aromatic carbocycles. The number of benzene rings is 1. The highest BCUT2D eigenvalue weighted by molar-refractivity contribution is 6.29. The summed E-state index contributed by atoms with van der Waals surface area (Å²) in [5, 5.41) is 12.3. The Morgan fingerprint density at radius 2 is 2.00 bits per heavy atom. The van der Waals surface area contributed by atoms with E-state index in [-0.39, 0.29) is 10.9 Å². The van der Waals surface area contributed by atoms with Crippen molar-refractivity contribution >= 4 is 17.2 Å². The molecule has 0 unspecified atom stereocenters. The molecule has 2 aromatic heterocycles. The molecule has 0 atom stereocenters. The van der Waals surface area contributed by atoms with Gasteiger partial charge >= 0.3 is 6.61 Å². The van der Waals surface area contributed by atoms with Crippen LogP contribution in [0.5, 0.6) is 5.75 Å². The molecule has 0 radical (unpaired) electrons. The van der Waals surface area contributed by atoms with Gasteiger partial charge in [0.15, 0.2) is 11.5 Å². The van der Waals surface area contributed by atoms with E-state index in [4.69, 9.17) is 11.6 Å². The van der Waals surface area contributed by atoms with Crippen LogP contribution in [0.15, 0.2) is 36.4 Å². The first-order valence-electron chi connectivity index (χ1n) is 5.57. The zero-order chi connectivity index (χ0) is 14.1. The average molecular weight is 297 g/mol.